The van der Waals surface area contributed by atoms with Gasteiger partial charge in [0.15, 0.2) is 5.13 Å². The lowest BCUT2D eigenvalue weighted by molar-refractivity contribution is -0.116. The van der Waals surface area contributed by atoms with Crippen LogP contribution in [0.1, 0.15) is 56.2 Å². The first-order chi connectivity index (χ1) is 13.1. The minimum Gasteiger partial charge on any atom is -0.302 e. The van der Waals surface area contributed by atoms with Crippen molar-refractivity contribution in [1.82, 2.24) is 4.98 Å². The number of hydrogen-bond acceptors (Lipinski definition) is 3. The van der Waals surface area contributed by atoms with E-state index in [0.717, 1.165) is 28.4 Å². The molecule has 27 heavy (non-hydrogen) atoms. The van der Waals surface area contributed by atoms with E-state index in [1.807, 2.05) is 0 Å². The van der Waals surface area contributed by atoms with E-state index in [9.17, 15) is 9.18 Å². The summed E-state index contributed by atoms with van der Waals surface area (Å²) in [6.45, 7) is 0. The molecule has 0 spiro atoms. The Bertz CT molecular complexity index is 809. The molecule has 0 unspecified atom stereocenters. The number of carbonyl (C=O) groups is 1. The van der Waals surface area contributed by atoms with Crippen molar-refractivity contribution in [3.63, 3.8) is 0 Å². The minimum atomic E-state index is -0.247. The van der Waals surface area contributed by atoms with Crippen molar-refractivity contribution >= 4 is 22.4 Å². The SMILES string of the molecule is O=C(CCc1ccc(F)cc1)Nc1nc(C23CC4CC(CC(C4)C2)C3)cs1. The fourth-order valence-electron chi connectivity index (χ4n) is 6.09. The number of aryl methyl sites for hydroxylation is 1. The van der Waals surface area contributed by atoms with Gasteiger partial charge < -0.3 is 5.32 Å². The Kier molecular flexibility index (Phi) is 4.30. The predicted octanol–water partition coefficient (Wildman–Crippen LogP) is 5.32. The van der Waals surface area contributed by atoms with Gasteiger partial charge in [-0.25, -0.2) is 9.37 Å². The van der Waals surface area contributed by atoms with Gasteiger partial charge in [0, 0.05) is 17.2 Å². The molecule has 3 nitrogen and oxygen atoms in total. The Labute approximate surface area is 163 Å². The summed E-state index contributed by atoms with van der Waals surface area (Å²) < 4.78 is 13.0. The first-order valence-electron chi connectivity index (χ1n) is 10.1. The van der Waals surface area contributed by atoms with E-state index in [1.54, 1.807) is 23.5 Å². The van der Waals surface area contributed by atoms with Crippen molar-refractivity contribution in [3.05, 3.63) is 46.7 Å². The molecule has 1 aromatic heterocycles. The van der Waals surface area contributed by atoms with Crippen LogP contribution in [0.25, 0.3) is 0 Å². The van der Waals surface area contributed by atoms with Crippen molar-refractivity contribution in [2.24, 2.45) is 17.8 Å². The lowest BCUT2D eigenvalue weighted by Crippen LogP contribution is -2.48. The zero-order chi connectivity index (χ0) is 18.4. The number of carbonyl (C=O) groups excluding carboxylic acids is 1. The first kappa shape index (κ1) is 17.4. The maximum Gasteiger partial charge on any atom is 0.226 e. The van der Waals surface area contributed by atoms with Crippen LogP contribution in [0.4, 0.5) is 9.52 Å². The smallest absolute Gasteiger partial charge is 0.226 e. The molecular weight excluding hydrogens is 359 g/mol. The molecule has 1 amide bonds. The maximum atomic E-state index is 13.0. The average molecular weight is 385 g/mol. The van der Waals surface area contributed by atoms with Crippen LogP contribution < -0.4 is 5.32 Å². The summed E-state index contributed by atoms with van der Waals surface area (Å²) in [7, 11) is 0. The molecule has 5 heteroatoms. The summed E-state index contributed by atoms with van der Waals surface area (Å²) in [5.74, 6) is 2.42. The van der Waals surface area contributed by atoms with E-state index in [-0.39, 0.29) is 17.1 Å². The average Bonchev–Trinajstić information content (AvgIpc) is 3.09. The van der Waals surface area contributed by atoms with Crippen LogP contribution in [-0.2, 0) is 16.6 Å². The number of anilines is 1. The Morgan fingerprint density at radius 3 is 2.37 bits per heavy atom. The van der Waals surface area contributed by atoms with Crippen molar-refractivity contribution in [1.29, 1.82) is 0 Å². The van der Waals surface area contributed by atoms with Crippen LogP contribution in [0.5, 0.6) is 0 Å². The second kappa shape index (κ2) is 6.69. The molecule has 1 heterocycles. The lowest BCUT2D eigenvalue weighted by Gasteiger charge is -2.56. The molecule has 0 saturated heterocycles. The summed E-state index contributed by atoms with van der Waals surface area (Å²) in [6.07, 6.45) is 9.16. The van der Waals surface area contributed by atoms with Gasteiger partial charge in [-0.15, -0.1) is 11.3 Å². The number of hydrogen-bond donors (Lipinski definition) is 1. The fourth-order valence-corrected chi connectivity index (χ4v) is 6.94. The predicted molar refractivity (Wildman–Crippen MR) is 105 cm³/mol. The Morgan fingerprint density at radius 2 is 1.74 bits per heavy atom. The van der Waals surface area contributed by atoms with E-state index < -0.39 is 0 Å². The third-order valence-electron chi connectivity index (χ3n) is 6.89. The summed E-state index contributed by atoms with van der Waals surface area (Å²) >= 11 is 1.56. The highest BCUT2D eigenvalue weighted by atomic mass is 32.1. The number of aromatic nitrogens is 1. The number of halogens is 1. The van der Waals surface area contributed by atoms with Crippen LogP contribution in [0.2, 0.25) is 0 Å². The zero-order valence-electron chi connectivity index (χ0n) is 15.4. The van der Waals surface area contributed by atoms with Crippen LogP contribution in [0.15, 0.2) is 29.6 Å². The van der Waals surface area contributed by atoms with Crippen molar-refractivity contribution in [2.45, 2.75) is 56.8 Å². The number of benzene rings is 1. The fraction of sp³-hybridized carbons (Fsp3) is 0.545. The molecule has 0 atom stereocenters. The van der Waals surface area contributed by atoms with Gasteiger partial charge in [-0.2, -0.15) is 0 Å². The number of thiazole rings is 1. The molecule has 4 bridgehead atoms. The molecular formula is C22H25FN2OS. The topological polar surface area (TPSA) is 42.0 Å². The summed E-state index contributed by atoms with van der Waals surface area (Å²) in [5, 5.41) is 5.88. The number of nitrogens with zero attached hydrogens (tertiary/aromatic N) is 1. The second-order valence-electron chi connectivity index (χ2n) is 8.91. The number of nitrogens with one attached hydrogen (secondary N) is 1. The largest absolute Gasteiger partial charge is 0.302 e. The van der Waals surface area contributed by atoms with E-state index in [0.29, 0.717) is 12.8 Å². The van der Waals surface area contributed by atoms with Crippen LogP contribution in [0, 0.1) is 23.6 Å². The van der Waals surface area contributed by atoms with E-state index >= 15 is 0 Å². The van der Waals surface area contributed by atoms with Crippen molar-refractivity contribution in [2.75, 3.05) is 5.32 Å². The molecule has 2 aromatic rings. The Morgan fingerprint density at radius 1 is 1.11 bits per heavy atom. The standard InChI is InChI=1S/C22H25FN2OS/c23-18-4-1-14(2-5-18)3-6-20(26)25-21-24-19(13-27-21)22-10-15-7-16(11-22)9-17(8-15)12-22/h1-2,4-5,13,15-17H,3,6-12H2,(H,24,25,26). The molecule has 6 rings (SSSR count). The molecule has 1 N–H and O–H groups in total. The van der Waals surface area contributed by atoms with Gasteiger partial charge in [0.05, 0.1) is 5.69 Å². The van der Waals surface area contributed by atoms with Gasteiger partial charge >= 0.3 is 0 Å². The zero-order valence-corrected chi connectivity index (χ0v) is 16.2. The molecule has 4 aliphatic carbocycles. The third-order valence-corrected chi connectivity index (χ3v) is 7.64. The highest BCUT2D eigenvalue weighted by Crippen LogP contribution is 2.60. The van der Waals surface area contributed by atoms with Crippen LogP contribution in [0.3, 0.4) is 0 Å². The minimum absolute atomic E-state index is 0.0225. The van der Waals surface area contributed by atoms with Gasteiger partial charge in [-0.05, 0) is 80.4 Å². The quantitative estimate of drug-likeness (QED) is 0.758. The first-order valence-corrected chi connectivity index (χ1v) is 11.0. The Hall–Kier alpha value is -1.75. The van der Waals surface area contributed by atoms with E-state index in [1.165, 1.54) is 56.4 Å². The monoisotopic (exact) mass is 384 g/mol. The third kappa shape index (κ3) is 3.42. The highest BCUT2D eigenvalue weighted by Gasteiger charge is 2.52. The normalized spacial score (nSPS) is 31.2. The van der Waals surface area contributed by atoms with Gasteiger partial charge in [0.25, 0.3) is 0 Å². The summed E-state index contributed by atoms with van der Waals surface area (Å²) in [4.78, 5) is 17.1. The summed E-state index contributed by atoms with van der Waals surface area (Å²) in [6, 6.07) is 6.34. The molecule has 1 aromatic carbocycles. The molecule has 4 saturated carbocycles. The van der Waals surface area contributed by atoms with Crippen molar-refractivity contribution in [3.8, 4) is 0 Å². The lowest BCUT2D eigenvalue weighted by atomic mass is 9.49. The number of amides is 1. The van der Waals surface area contributed by atoms with Gasteiger partial charge in [-0.3, -0.25) is 4.79 Å². The van der Waals surface area contributed by atoms with Gasteiger partial charge in [0.1, 0.15) is 5.82 Å². The van der Waals surface area contributed by atoms with Crippen LogP contribution in [-0.4, -0.2) is 10.9 Å². The van der Waals surface area contributed by atoms with E-state index in [2.05, 4.69) is 10.7 Å². The molecule has 0 radical (unpaired) electrons. The molecule has 142 valence electrons. The molecule has 4 fully saturated rings. The molecule has 4 aliphatic rings. The number of rotatable bonds is 5. The van der Waals surface area contributed by atoms with Crippen molar-refractivity contribution < 1.29 is 9.18 Å². The molecule has 0 aliphatic heterocycles. The van der Waals surface area contributed by atoms with E-state index in [4.69, 9.17) is 4.98 Å². The maximum absolute atomic E-state index is 13.0. The second-order valence-corrected chi connectivity index (χ2v) is 9.77. The van der Waals surface area contributed by atoms with Gasteiger partial charge in [-0.1, -0.05) is 12.1 Å². The van der Waals surface area contributed by atoms with Crippen LogP contribution >= 0.6 is 11.3 Å². The highest BCUT2D eigenvalue weighted by molar-refractivity contribution is 7.13. The Balaban J connectivity index is 1.22. The summed E-state index contributed by atoms with van der Waals surface area (Å²) in [5.41, 5.74) is 2.47. The van der Waals surface area contributed by atoms with Gasteiger partial charge in [0.2, 0.25) is 5.91 Å².